The number of aromatic amines is 1. The lowest BCUT2D eigenvalue weighted by molar-refractivity contribution is 0.102. The summed E-state index contributed by atoms with van der Waals surface area (Å²) in [5, 5.41) is 9.38. The van der Waals surface area contributed by atoms with Crippen molar-refractivity contribution >= 4 is 11.6 Å². The number of carbonyl (C=O) groups is 1. The van der Waals surface area contributed by atoms with Gasteiger partial charge in [-0.3, -0.25) is 9.89 Å². The summed E-state index contributed by atoms with van der Waals surface area (Å²) in [7, 11) is 0. The molecule has 0 aliphatic rings. The van der Waals surface area contributed by atoms with Gasteiger partial charge in [0.05, 0.1) is 11.4 Å². The van der Waals surface area contributed by atoms with Gasteiger partial charge < -0.3 is 5.32 Å². The molecule has 0 spiro atoms. The lowest BCUT2D eigenvalue weighted by atomic mass is 10.1. The molecule has 3 rings (SSSR count). The zero-order chi connectivity index (χ0) is 16.4. The van der Waals surface area contributed by atoms with Crippen molar-refractivity contribution in [2.24, 2.45) is 0 Å². The van der Waals surface area contributed by atoms with Gasteiger partial charge in [-0.15, -0.1) is 0 Å². The quantitative estimate of drug-likeness (QED) is 0.765. The van der Waals surface area contributed by atoms with Crippen LogP contribution in [0, 0.1) is 19.7 Å². The number of benzene rings is 2. The monoisotopic (exact) mass is 309 g/mol. The van der Waals surface area contributed by atoms with E-state index in [2.05, 4.69) is 15.5 Å². The lowest BCUT2D eigenvalue weighted by Crippen LogP contribution is -2.13. The predicted octanol–water partition coefficient (Wildman–Crippen LogP) is 4.08. The predicted molar refractivity (Wildman–Crippen MR) is 87.9 cm³/mol. The molecule has 0 aliphatic carbocycles. The van der Waals surface area contributed by atoms with Gasteiger partial charge in [-0.25, -0.2) is 4.39 Å². The Balaban J connectivity index is 1.81. The van der Waals surface area contributed by atoms with Gasteiger partial charge in [0.25, 0.3) is 5.91 Å². The maximum atomic E-state index is 13.7. The van der Waals surface area contributed by atoms with Crippen LogP contribution in [-0.2, 0) is 0 Å². The third kappa shape index (κ3) is 3.29. The highest BCUT2D eigenvalue weighted by Crippen LogP contribution is 2.20. The molecule has 0 fully saturated rings. The molecule has 0 saturated heterocycles. The van der Waals surface area contributed by atoms with Gasteiger partial charge in [0.2, 0.25) is 0 Å². The maximum absolute atomic E-state index is 13.7. The molecule has 1 aromatic heterocycles. The summed E-state index contributed by atoms with van der Waals surface area (Å²) >= 11 is 0. The number of H-pyrrole nitrogens is 1. The second-order valence-corrected chi connectivity index (χ2v) is 5.47. The highest BCUT2D eigenvalue weighted by Gasteiger charge is 2.13. The van der Waals surface area contributed by atoms with Crippen LogP contribution in [0.25, 0.3) is 11.3 Å². The molecule has 0 aliphatic heterocycles. The van der Waals surface area contributed by atoms with E-state index in [4.69, 9.17) is 0 Å². The Hall–Kier alpha value is -2.95. The molecule has 0 bridgehead atoms. The van der Waals surface area contributed by atoms with E-state index in [-0.39, 0.29) is 11.4 Å². The van der Waals surface area contributed by atoms with Crippen molar-refractivity contribution in [3.63, 3.8) is 0 Å². The minimum absolute atomic E-state index is 0.154. The Morgan fingerprint density at radius 3 is 2.48 bits per heavy atom. The summed E-state index contributed by atoms with van der Waals surface area (Å²) < 4.78 is 13.7. The maximum Gasteiger partial charge on any atom is 0.273 e. The van der Waals surface area contributed by atoms with Crippen LogP contribution in [0.2, 0.25) is 0 Å². The molecule has 23 heavy (non-hydrogen) atoms. The van der Waals surface area contributed by atoms with Crippen LogP contribution < -0.4 is 5.32 Å². The van der Waals surface area contributed by atoms with Gasteiger partial charge in [0, 0.05) is 5.56 Å². The van der Waals surface area contributed by atoms with Crippen LogP contribution in [0.1, 0.15) is 21.6 Å². The van der Waals surface area contributed by atoms with Gasteiger partial charge in [0.1, 0.15) is 11.5 Å². The Labute approximate surface area is 133 Å². The SMILES string of the molecule is Cc1ccc(-c2cc(C(=O)Nc3cc(C)ccc3F)[nH]n2)cc1. The van der Waals surface area contributed by atoms with Crippen LogP contribution in [0.5, 0.6) is 0 Å². The van der Waals surface area contributed by atoms with E-state index in [1.165, 1.54) is 6.07 Å². The number of hydrogen-bond donors (Lipinski definition) is 2. The molecular weight excluding hydrogens is 293 g/mol. The zero-order valence-electron chi connectivity index (χ0n) is 12.9. The second-order valence-electron chi connectivity index (χ2n) is 5.47. The number of halogens is 1. The molecule has 2 aromatic carbocycles. The van der Waals surface area contributed by atoms with Crippen molar-refractivity contribution in [3.05, 3.63) is 71.2 Å². The van der Waals surface area contributed by atoms with E-state index in [1.807, 2.05) is 38.1 Å². The molecule has 0 saturated carbocycles. The van der Waals surface area contributed by atoms with Crippen molar-refractivity contribution in [2.75, 3.05) is 5.32 Å². The van der Waals surface area contributed by atoms with E-state index in [0.717, 1.165) is 16.7 Å². The van der Waals surface area contributed by atoms with Crippen molar-refractivity contribution in [3.8, 4) is 11.3 Å². The fraction of sp³-hybridized carbons (Fsp3) is 0.111. The van der Waals surface area contributed by atoms with Crippen LogP contribution in [0.15, 0.2) is 48.5 Å². The first-order valence-electron chi connectivity index (χ1n) is 7.23. The van der Waals surface area contributed by atoms with E-state index >= 15 is 0 Å². The first-order chi connectivity index (χ1) is 11.0. The van der Waals surface area contributed by atoms with Crippen LogP contribution in [0.4, 0.5) is 10.1 Å². The number of nitrogens with zero attached hydrogens (tertiary/aromatic N) is 1. The number of rotatable bonds is 3. The average Bonchev–Trinajstić information content (AvgIpc) is 3.02. The van der Waals surface area contributed by atoms with Gasteiger partial charge in [-0.05, 0) is 37.6 Å². The summed E-state index contributed by atoms with van der Waals surface area (Å²) in [4.78, 5) is 12.2. The molecule has 1 amide bonds. The molecular formula is C18H16FN3O. The molecule has 0 unspecified atom stereocenters. The molecule has 116 valence electrons. The number of carbonyl (C=O) groups excluding carboxylic acids is 1. The van der Waals surface area contributed by atoms with Crippen molar-refractivity contribution in [2.45, 2.75) is 13.8 Å². The lowest BCUT2D eigenvalue weighted by Gasteiger charge is -2.05. The first kappa shape index (κ1) is 15.0. The number of nitrogens with one attached hydrogen (secondary N) is 2. The van der Waals surface area contributed by atoms with Gasteiger partial charge in [-0.1, -0.05) is 35.9 Å². The van der Waals surface area contributed by atoms with Gasteiger partial charge in [0.15, 0.2) is 0 Å². The fourth-order valence-corrected chi connectivity index (χ4v) is 2.23. The molecule has 4 nitrogen and oxygen atoms in total. The number of hydrogen-bond acceptors (Lipinski definition) is 2. The summed E-state index contributed by atoms with van der Waals surface area (Å²) in [6.45, 7) is 3.84. The van der Waals surface area contributed by atoms with Crippen LogP contribution >= 0.6 is 0 Å². The third-order valence-corrected chi connectivity index (χ3v) is 3.54. The summed E-state index contributed by atoms with van der Waals surface area (Å²) in [6.07, 6.45) is 0. The minimum Gasteiger partial charge on any atom is -0.318 e. The standard InChI is InChI=1S/C18H16FN3O/c1-11-3-6-13(7-4-11)15-10-17(22-21-15)18(23)20-16-9-12(2)5-8-14(16)19/h3-10H,1-2H3,(H,20,23)(H,21,22). The van der Waals surface area contributed by atoms with E-state index in [0.29, 0.717) is 5.69 Å². The van der Waals surface area contributed by atoms with Crippen molar-refractivity contribution < 1.29 is 9.18 Å². The Morgan fingerprint density at radius 1 is 1.04 bits per heavy atom. The number of aryl methyl sites for hydroxylation is 2. The topological polar surface area (TPSA) is 57.8 Å². The second kappa shape index (κ2) is 6.04. The zero-order valence-corrected chi connectivity index (χ0v) is 12.9. The van der Waals surface area contributed by atoms with Gasteiger partial charge in [-0.2, -0.15) is 5.10 Å². The normalized spacial score (nSPS) is 10.6. The molecule has 1 heterocycles. The van der Waals surface area contributed by atoms with E-state index < -0.39 is 11.7 Å². The Kier molecular flexibility index (Phi) is 3.93. The molecule has 3 aromatic rings. The first-order valence-corrected chi connectivity index (χ1v) is 7.23. The molecule has 0 atom stereocenters. The fourth-order valence-electron chi connectivity index (χ4n) is 2.23. The summed E-state index contributed by atoms with van der Waals surface area (Å²) in [5.74, 6) is -0.900. The highest BCUT2D eigenvalue weighted by atomic mass is 19.1. The average molecular weight is 309 g/mol. The molecule has 0 radical (unpaired) electrons. The largest absolute Gasteiger partial charge is 0.318 e. The molecule has 2 N–H and O–H groups in total. The van der Waals surface area contributed by atoms with E-state index in [1.54, 1.807) is 18.2 Å². The van der Waals surface area contributed by atoms with Crippen LogP contribution in [0.3, 0.4) is 0 Å². The number of anilines is 1. The van der Waals surface area contributed by atoms with Crippen molar-refractivity contribution in [1.82, 2.24) is 10.2 Å². The number of amides is 1. The van der Waals surface area contributed by atoms with Crippen molar-refractivity contribution in [1.29, 1.82) is 0 Å². The highest BCUT2D eigenvalue weighted by molar-refractivity contribution is 6.03. The van der Waals surface area contributed by atoms with Gasteiger partial charge >= 0.3 is 0 Å². The number of aromatic nitrogens is 2. The minimum atomic E-state index is -0.470. The van der Waals surface area contributed by atoms with E-state index in [9.17, 15) is 9.18 Å². The molecule has 5 heteroatoms. The Bertz CT molecular complexity index is 853. The summed E-state index contributed by atoms with van der Waals surface area (Å²) in [6, 6.07) is 14.0. The Morgan fingerprint density at radius 2 is 1.74 bits per heavy atom. The van der Waals surface area contributed by atoms with Crippen LogP contribution in [-0.4, -0.2) is 16.1 Å². The summed E-state index contributed by atoms with van der Waals surface area (Å²) in [5.41, 5.74) is 4.03. The smallest absolute Gasteiger partial charge is 0.273 e. The third-order valence-electron chi connectivity index (χ3n) is 3.54.